The second-order valence-electron chi connectivity index (χ2n) is 5.11. The lowest BCUT2D eigenvalue weighted by atomic mass is 9.98. The van der Waals surface area contributed by atoms with Crippen molar-refractivity contribution in [3.8, 4) is 0 Å². The molecule has 0 bridgehead atoms. The van der Waals surface area contributed by atoms with Crippen LogP contribution in [0.4, 0.5) is 0 Å². The number of nitrogens with zero attached hydrogens (tertiary/aromatic N) is 2. The van der Waals surface area contributed by atoms with E-state index < -0.39 is 0 Å². The molecule has 3 nitrogen and oxygen atoms in total. The van der Waals surface area contributed by atoms with Gasteiger partial charge in [0, 0.05) is 25.0 Å². The van der Waals surface area contributed by atoms with Crippen molar-refractivity contribution in [2.75, 3.05) is 26.7 Å². The van der Waals surface area contributed by atoms with Crippen LogP contribution in [0.2, 0.25) is 0 Å². The van der Waals surface area contributed by atoms with E-state index in [1.54, 1.807) is 0 Å². The summed E-state index contributed by atoms with van der Waals surface area (Å²) in [6.45, 7) is 5.79. The molecular formula is C14H23N3. The molecule has 0 saturated carbocycles. The second kappa shape index (κ2) is 6.12. The fraction of sp³-hybridized carbons (Fsp3) is 0.643. The summed E-state index contributed by atoms with van der Waals surface area (Å²) in [4.78, 5) is 6.64. The maximum atomic E-state index is 4.20. The molecule has 0 amide bonds. The quantitative estimate of drug-likeness (QED) is 0.863. The summed E-state index contributed by atoms with van der Waals surface area (Å²) in [6.07, 6.45) is 6.48. The van der Waals surface area contributed by atoms with E-state index in [0.717, 1.165) is 5.92 Å². The zero-order valence-electron chi connectivity index (χ0n) is 10.9. The highest BCUT2D eigenvalue weighted by Crippen LogP contribution is 2.20. The Bertz CT molecular complexity index is 319. The standard InChI is InChI=1S/C14H23N3/c1-12(14-6-4-8-16-10-14)17(2)11-13-5-3-7-15-9-13/h4,6,8,10,12-13,15H,3,5,7,9,11H2,1-2H3. The second-order valence-corrected chi connectivity index (χ2v) is 5.11. The number of hydrogen-bond donors (Lipinski definition) is 1. The minimum absolute atomic E-state index is 0.450. The summed E-state index contributed by atoms with van der Waals surface area (Å²) in [5.74, 6) is 0.799. The Morgan fingerprint density at radius 2 is 2.47 bits per heavy atom. The summed E-state index contributed by atoms with van der Waals surface area (Å²) < 4.78 is 0. The predicted octanol–water partition coefficient (Wildman–Crippen LogP) is 2.07. The maximum absolute atomic E-state index is 4.20. The lowest BCUT2D eigenvalue weighted by Gasteiger charge is -2.31. The van der Waals surface area contributed by atoms with Crippen molar-refractivity contribution in [2.24, 2.45) is 5.92 Å². The molecule has 1 fully saturated rings. The third-order valence-corrected chi connectivity index (χ3v) is 3.77. The van der Waals surface area contributed by atoms with E-state index in [0.29, 0.717) is 6.04 Å². The summed E-state index contributed by atoms with van der Waals surface area (Å²) in [7, 11) is 2.21. The smallest absolute Gasteiger partial charge is 0.0332 e. The van der Waals surface area contributed by atoms with Gasteiger partial charge in [-0.1, -0.05) is 6.07 Å². The Labute approximate surface area is 104 Å². The van der Waals surface area contributed by atoms with Gasteiger partial charge in [-0.2, -0.15) is 0 Å². The molecule has 1 aliphatic rings. The van der Waals surface area contributed by atoms with E-state index >= 15 is 0 Å². The fourth-order valence-corrected chi connectivity index (χ4v) is 2.52. The highest BCUT2D eigenvalue weighted by atomic mass is 15.1. The first-order chi connectivity index (χ1) is 8.27. The van der Waals surface area contributed by atoms with Crippen molar-refractivity contribution in [3.05, 3.63) is 30.1 Å². The number of piperidine rings is 1. The van der Waals surface area contributed by atoms with Crippen molar-refractivity contribution in [3.63, 3.8) is 0 Å². The van der Waals surface area contributed by atoms with Gasteiger partial charge in [0.2, 0.25) is 0 Å². The Morgan fingerprint density at radius 1 is 1.59 bits per heavy atom. The predicted molar refractivity (Wildman–Crippen MR) is 70.9 cm³/mol. The van der Waals surface area contributed by atoms with E-state index in [4.69, 9.17) is 0 Å². The van der Waals surface area contributed by atoms with Crippen molar-refractivity contribution >= 4 is 0 Å². The Morgan fingerprint density at radius 3 is 3.12 bits per heavy atom. The van der Waals surface area contributed by atoms with Gasteiger partial charge in [-0.25, -0.2) is 0 Å². The number of pyridine rings is 1. The Balaban J connectivity index is 1.88. The molecular weight excluding hydrogens is 210 g/mol. The average Bonchev–Trinajstić information content (AvgIpc) is 2.40. The zero-order valence-corrected chi connectivity index (χ0v) is 10.9. The summed E-state index contributed by atoms with van der Waals surface area (Å²) in [5, 5.41) is 3.48. The van der Waals surface area contributed by atoms with Gasteiger partial charge >= 0.3 is 0 Å². The number of aromatic nitrogens is 1. The van der Waals surface area contributed by atoms with Crippen LogP contribution in [0.5, 0.6) is 0 Å². The third-order valence-electron chi connectivity index (χ3n) is 3.77. The van der Waals surface area contributed by atoms with Gasteiger partial charge in [0.25, 0.3) is 0 Å². The molecule has 2 unspecified atom stereocenters. The summed E-state index contributed by atoms with van der Waals surface area (Å²) in [5.41, 5.74) is 1.30. The van der Waals surface area contributed by atoms with E-state index in [-0.39, 0.29) is 0 Å². The van der Waals surface area contributed by atoms with Crippen LogP contribution >= 0.6 is 0 Å². The topological polar surface area (TPSA) is 28.2 Å². The maximum Gasteiger partial charge on any atom is 0.0332 e. The molecule has 1 aromatic rings. The molecule has 0 spiro atoms. The van der Waals surface area contributed by atoms with Gasteiger partial charge in [-0.15, -0.1) is 0 Å². The molecule has 0 aromatic carbocycles. The minimum atomic E-state index is 0.450. The molecule has 17 heavy (non-hydrogen) atoms. The van der Waals surface area contributed by atoms with Crippen LogP contribution in [0.3, 0.4) is 0 Å². The molecule has 94 valence electrons. The molecule has 1 aliphatic heterocycles. The summed E-state index contributed by atoms with van der Waals surface area (Å²) in [6, 6.07) is 4.63. The molecule has 1 N–H and O–H groups in total. The van der Waals surface area contributed by atoms with Gasteiger partial charge in [-0.3, -0.25) is 9.88 Å². The minimum Gasteiger partial charge on any atom is -0.316 e. The first-order valence-corrected chi connectivity index (χ1v) is 6.58. The SMILES string of the molecule is CC(c1cccnc1)N(C)CC1CCCNC1. The van der Waals surface area contributed by atoms with Gasteiger partial charge < -0.3 is 5.32 Å². The Hall–Kier alpha value is -0.930. The van der Waals surface area contributed by atoms with E-state index in [2.05, 4.69) is 35.2 Å². The first kappa shape index (κ1) is 12.5. The third kappa shape index (κ3) is 3.51. The van der Waals surface area contributed by atoms with Crippen LogP contribution in [0.1, 0.15) is 31.4 Å². The highest BCUT2D eigenvalue weighted by Gasteiger charge is 2.18. The molecule has 1 saturated heterocycles. The molecule has 0 aliphatic carbocycles. The van der Waals surface area contributed by atoms with E-state index in [1.165, 1.54) is 38.0 Å². The lowest BCUT2D eigenvalue weighted by Crippen LogP contribution is -2.37. The zero-order chi connectivity index (χ0) is 12.1. The van der Waals surface area contributed by atoms with Crippen LogP contribution < -0.4 is 5.32 Å². The van der Waals surface area contributed by atoms with E-state index in [9.17, 15) is 0 Å². The largest absolute Gasteiger partial charge is 0.316 e. The van der Waals surface area contributed by atoms with Crippen LogP contribution in [0, 0.1) is 5.92 Å². The molecule has 1 aromatic heterocycles. The molecule has 2 heterocycles. The van der Waals surface area contributed by atoms with E-state index in [1.807, 2.05) is 18.5 Å². The van der Waals surface area contributed by atoms with Crippen LogP contribution in [0.15, 0.2) is 24.5 Å². The number of hydrogen-bond acceptors (Lipinski definition) is 3. The fourth-order valence-electron chi connectivity index (χ4n) is 2.52. The van der Waals surface area contributed by atoms with Gasteiger partial charge in [0.15, 0.2) is 0 Å². The normalized spacial score (nSPS) is 22.6. The molecule has 2 atom stereocenters. The number of rotatable bonds is 4. The van der Waals surface area contributed by atoms with Crippen molar-refractivity contribution < 1.29 is 0 Å². The van der Waals surface area contributed by atoms with Gasteiger partial charge in [-0.05, 0) is 57.5 Å². The van der Waals surface area contributed by atoms with Crippen molar-refractivity contribution in [1.29, 1.82) is 0 Å². The van der Waals surface area contributed by atoms with Crippen LogP contribution in [-0.2, 0) is 0 Å². The highest BCUT2D eigenvalue weighted by molar-refractivity contribution is 5.12. The molecule has 3 heteroatoms. The lowest BCUT2D eigenvalue weighted by molar-refractivity contribution is 0.199. The summed E-state index contributed by atoms with van der Waals surface area (Å²) >= 11 is 0. The van der Waals surface area contributed by atoms with Crippen LogP contribution in [0.25, 0.3) is 0 Å². The average molecular weight is 233 g/mol. The van der Waals surface area contributed by atoms with Crippen molar-refractivity contribution in [1.82, 2.24) is 15.2 Å². The van der Waals surface area contributed by atoms with Crippen LogP contribution in [-0.4, -0.2) is 36.6 Å². The van der Waals surface area contributed by atoms with Gasteiger partial charge in [0.1, 0.15) is 0 Å². The molecule has 0 radical (unpaired) electrons. The van der Waals surface area contributed by atoms with Crippen molar-refractivity contribution in [2.45, 2.75) is 25.8 Å². The van der Waals surface area contributed by atoms with Gasteiger partial charge in [0.05, 0.1) is 0 Å². The Kier molecular flexibility index (Phi) is 4.51. The number of nitrogens with one attached hydrogen (secondary N) is 1. The molecule has 2 rings (SSSR count). The first-order valence-electron chi connectivity index (χ1n) is 6.58. The monoisotopic (exact) mass is 233 g/mol.